The summed E-state index contributed by atoms with van der Waals surface area (Å²) in [6.07, 6.45) is 1.20. The van der Waals surface area contributed by atoms with Gasteiger partial charge in [-0.25, -0.2) is 12.8 Å². The number of halogens is 1. The Kier molecular flexibility index (Phi) is 5.42. The van der Waals surface area contributed by atoms with Crippen LogP contribution in [0.5, 0.6) is 0 Å². The van der Waals surface area contributed by atoms with Crippen molar-refractivity contribution < 1.29 is 12.8 Å². The lowest BCUT2D eigenvalue weighted by Crippen LogP contribution is -2.12. The van der Waals surface area contributed by atoms with Gasteiger partial charge in [0.15, 0.2) is 0 Å². The Balaban J connectivity index is 2.60. The number of rotatable bonds is 6. The highest BCUT2D eigenvalue weighted by atomic mass is 32.2. The predicted octanol–water partition coefficient (Wildman–Crippen LogP) is 1.60. The molecule has 0 saturated heterocycles. The first-order valence-corrected chi connectivity index (χ1v) is 8.28. The first kappa shape index (κ1) is 14.5. The van der Waals surface area contributed by atoms with Crippen molar-refractivity contribution in [1.29, 1.82) is 0 Å². The molecule has 1 atom stereocenters. The van der Waals surface area contributed by atoms with Crippen LogP contribution in [0.25, 0.3) is 0 Å². The molecule has 1 unspecified atom stereocenters. The number of thioether (sulfide) groups is 1. The SMILES string of the molecule is CS(=O)(=O)CCSC(CN)c1cccc(F)c1. The van der Waals surface area contributed by atoms with Crippen molar-refractivity contribution in [2.45, 2.75) is 5.25 Å². The van der Waals surface area contributed by atoms with E-state index in [4.69, 9.17) is 5.73 Å². The Morgan fingerprint density at radius 2 is 2.18 bits per heavy atom. The molecule has 1 aromatic rings. The van der Waals surface area contributed by atoms with Crippen molar-refractivity contribution in [3.05, 3.63) is 35.6 Å². The summed E-state index contributed by atoms with van der Waals surface area (Å²) in [4.78, 5) is 0. The lowest BCUT2D eigenvalue weighted by Gasteiger charge is -2.14. The van der Waals surface area contributed by atoms with Crippen LogP contribution in [0.15, 0.2) is 24.3 Å². The van der Waals surface area contributed by atoms with Gasteiger partial charge in [0, 0.05) is 23.8 Å². The molecule has 0 spiro atoms. The van der Waals surface area contributed by atoms with Gasteiger partial charge >= 0.3 is 0 Å². The van der Waals surface area contributed by atoms with E-state index < -0.39 is 9.84 Å². The van der Waals surface area contributed by atoms with Crippen LogP contribution in [0, 0.1) is 5.82 Å². The van der Waals surface area contributed by atoms with Crippen LogP contribution < -0.4 is 5.73 Å². The topological polar surface area (TPSA) is 60.2 Å². The highest BCUT2D eigenvalue weighted by Crippen LogP contribution is 2.28. The first-order valence-electron chi connectivity index (χ1n) is 5.17. The van der Waals surface area contributed by atoms with Crippen LogP contribution in [0.4, 0.5) is 4.39 Å². The number of hydrogen-bond acceptors (Lipinski definition) is 4. The molecule has 17 heavy (non-hydrogen) atoms. The minimum absolute atomic E-state index is 0.0625. The van der Waals surface area contributed by atoms with Crippen LogP contribution in [-0.4, -0.2) is 32.7 Å². The number of nitrogens with two attached hydrogens (primary N) is 1. The molecule has 0 aromatic heterocycles. The molecule has 2 N–H and O–H groups in total. The van der Waals surface area contributed by atoms with Crippen LogP contribution in [0.2, 0.25) is 0 Å². The Labute approximate surface area is 106 Å². The maximum absolute atomic E-state index is 13.0. The van der Waals surface area contributed by atoms with Crippen molar-refractivity contribution in [2.75, 3.05) is 24.3 Å². The number of benzene rings is 1. The zero-order valence-electron chi connectivity index (χ0n) is 9.60. The average molecular weight is 277 g/mol. The van der Waals surface area contributed by atoms with Crippen molar-refractivity contribution in [2.24, 2.45) is 5.73 Å². The molecule has 0 aliphatic heterocycles. The van der Waals surface area contributed by atoms with Gasteiger partial charge < -0.3 is 5.73 Å². The van der Waals surface area contributed by atoms with Gasteiger partial charge in [0.1, 0.15) is 15.7 Å². The normalized spacial score (nSPS) is 13.6. The predicted molar refractivity (Wildman–Crippen MR) is 70.4 cm³/mol. The van der Waals surface area contributed by atoms with Crippen LogP contribution in [-0.2, 0) is 9.84 Å². The third-order valence-corrected chi connectivity index (χ3v) is 4.72. The Bertz CT molecular complexity index is 462. The Morgan fingerprint density at radius 3 is 2.71 bits per heavy atom. The average Bonchev–Trinajstić information content (AvgIpc) is 2.23. The second-order valence-electron chi connectivity index (χ2n) is 3.78. The molecule has 0 aliphatic carbocycles. The van der Waals surface area contributed by atoms with Crippen molar-refractivity contribution in [1.82, 2.24) is 0 Å². The van der Waals surface area contributed by atoms with Gasteiger partial charge in [0.25, 0.3) is 0 Å². The molecule has 0 amide bonds. The van der Waals surface area contributed by atoms with E-state index >= 15 is 0 Å². The lowest BCUT2D eigenvalue weighted by atomic mass is 10.1. The monoisotopic (exact) mass is 277 g/mol. The molecule has 0 heterocycles. The fourth-order valence-electron chi connectivity index (χ4n) is 1.35. The summed E-state index contributed by atoms with van der Waals surface area (Å²) in [7, 11) is -2.95. The van der Waals surface area contributed by atoms with Gasteiger partial charge in [0.2, 0.25) is 0 Å². The Hall–Kier alpha value is -0.590. The van der Waals surface area contributed by atoms with E-state index in [1.807, 2.05) is 0 Å². The van der Waals surface area contributed by atoms with Crippen molar-refractivity contribution >= 4 is 21.6 Å². The van der Waals surface area contributed by atoms with Crippen molar-refractivity contribution in [3.63, 3.8) is 0 Å². The maximum Gasteiger partial charge on any atom is 0.148 e. The number of sulfone groups is 1. The summed E-state index contributed by atoms with van der Waals surface area (Å²) in [6, 6.07) is 6.24. The third kappa shape index (κ3) is 5.52. The summed E-state index contributed by atoms with van der Waals surface area (Å²) < 4.78 is 35.0. The largest absolute Gasteiger partial charge is 0.329 e. The van der Waals surface area contributed by atoms with Crippen LogP contribution in [0.1, 0.15) is 10.8 Å². The second-order valence-corrected chi connectivity index (χ2v) is 7.35. The molecule has 6 heteroatoms. The van der Waals surface area contributed by atoms with E-state index in [0.717, 1.165) is 5.56 Å². The van der Waals surface area contributed by atoms with E-state index in [0.29, 0.717) is 12.3 Å². The zero-order valence-corrected chi connectivity index (χ0v) is 11.2. The molecular formula is C11H16FNO2S2. The molecule has 1 aromatic carbocycles. The van der Waals surface area contributed by atoms with Gasteiger partial charge in [-0.05, 0) is 17.7 Å². The van der Waals surface area contributed by atoms with E-state index in [1.54, 1.807) is 12.1 Å². The van der Waals surface area contributed by atoms with Crippen LogP contribution in [0.3, 0.4) is 0 Å². The smallest absolute Gasteiger partial charge is 0.148 e. The standard InChI is InChI=1S/C11H16FNO2S2/c1-17(14,15)6-5-16-11(8-13)9-3-2-4-10(12)7-9/h2-4,7,11H,5-6,8,13H2,1H3. The first-order chi connectivity index (χ1) is 7.92. The van der Waals surface area contributed by atoms with Gasteiger partial charge in [0.05, 0.1) is 5.75 Å². The zero-order chi connectivity index (χ0) is 12.9. The van der Waals surface area contributed by atoms with Gasteiger partial charge in [-0.15, -0.1) is 0 Å². The molecule has 0 fully saturated rings. The minimum Gasteiger partial charge on any atom is -0.329 e. The van der Waals surface area contributed by atoms with Gasteiger partial charge in [-0.3, -0.25) is 0 Å². The minimum atomic E-state index is -2.95. The van der Waals surface area contributed by atoms with E-state index in [2.05, 4.69) is 0 Å². The van der Waals surface area contributed by atoms with E-state index in [1.165, 1.54) is 30.2 Å². The quantitative estimate of drug-likeness (QED) is 0.858. The molecule has 1 rings (SSSR count). The molecule has 0 saturated carbocycles. The fourth-order valence-corrected chi connectivity index (χ4v) is 3.70. The molecule has 3 nitrogen and oxygen atoms in total. The third-order valence-electron chi connectivity index (χ3n) is 2.21. The second kappa shape index (κ2) is 6.37. The summed E-state index contributed by atoms with van der Waals surface area (Å²) >= 11 is 1.44. The summed E-state index contributed by atoms with van der Waals surface area (Å²) in [5.41, 5.74) is 6.41. The highest BCUT2D eigenvalue weighted by Gasteiger charge is 2.12. The Morgan fingerprint density at radius 1 is 1.47 bits per heavy atom. The van der Waals surface area contributed by atoms with Gasteiger partial charge in [-0.1, -0.05) is 12.1 Å². The van der Waals surface area contributed by atoms with E-state index in [9.17, 15) is 12.8 Å². The fraction of sp³-hybridized carbons (Fsp3) is 0.455. The molecule has 0 aliphatic rings. The summed E-state index contributed by atoms with van der Waals surface area (Å²) in [5.74, 6) is 0.283. The summed E-state index contributed by atoms with van der Waals surface area (Å²) in [5, 5.41) is -0.0625. The summed E-state index contributed by atoms with van der Waals surface area (Å²) in [6.45, 7) is 0.359. The van der Waals surface area contributed by atoms with Crippen molar-refractivity contribution in [3.8, 4) is 0 Å². The molecule has 0 radical (unpaired) electrons. The van der Waals surface area contributed by atoms with Crippen LogP contribution >= 0.6 is 11.8 Å². The number of hydrogen-bond donors (Lipinski definition) is 1. The molecular weight excluding hydrogens is 261 g/mol. The lowest BCUT2D eigenvalue weighted by molar-refractivity contribution is 0.603. The maximum atomic E-state index is 13.0. The molecule has 0 bridgehead atoms. The molecule has 96 valence electrons. The highest BCUT2D eigenvalue weighted by molar-refractivity contribution is 8.00. The van der Waals surface area contributed by atoms with Gasteiger partial charge in [-0.2, -0.15) is 11.8 Å². The van der Waals surface area contributed by atoms with E-state index in [-0.39, 0.29) is 16.8 Å².